The summed E-state index contributed by atoms with van der Waals surface area (Å²) in [5.41, 5.74) is -0.151. The molecular formula is C8H13NO2. The van der Waals surface area contributed by atoms with Crippen molar-refractivity contribution in [2.75, 3.05) is 7.05 Å². The van der Waals surface area contributed by atoms with Crippen LogP contribution in [-0.4, -0.2) is 23.7 Å². The molecule has 3 aliphatic rings. The molecule has 0 saturated heterocycles. The molecule has 3 fully saturated rings. The standard InChI is InChI=1S/C8H13NO2/c1-9-8-3-2-7(4-8,5-8)6(10)11/h9H,2-5H2,1H3,(H,10,11). The van der Waals surface area contributed by atoms with E-state index in [0.29, 0.717) is 0 Å². The minimum Gasteiger partial charge on any atom is -0.481 e. The normalized spacial score (nSPS) is 47.0. The Labute approximate surface area is 65.8 Å². The number of carboxylic acid groups (broad SMARTS) is 1. The van der Waals surface area contributed by atoms with Gasteiger partial charge in [-0.3, -0.25) is 4.79 Å². The van der Waals surface area contributed by atoms with Gasteiger partial charge in [0.15, 0.2) is 0 Å². The number of carboxylic acids is 1. The second-order valence-electron chi connectivity index (χ2n) is 3.97. The van der Waals surface area contributed by atoms with Crippen LogP contribution in [0.1, 0.15) is 25.7 Å². The van der Waals surface area contributed by atoms with Gasteiger partial charge in [-0.1, -0.05) is 0 Å². The van der Waals surface area contributed by atoms with Gasteiger partial charge in [0.05, 0.1) is 5.41 Å². The van der Waals surface area contributed by atoms with Gasteiger partial charge in [0.1, 0.15) is 0 Å². The van der Waals surface area contributed by atoms with Crippen LogP contribution in [0.3, 0.4) is 0 Å². The fourth-order valence-electron chi connectivity index (χ4n) is 2.64. The Morgan fingerprint density at radius 3 is 2.36 bits per heavy atom. The van der Waals surface area contributed by atoms with Crippen molar-refractivity contribution >= 4 is 5.97 Å². The van der Waals surface area contributed by atoms with Gasteiger partial charge in [-0.05, 0) is 32.7 Å². The highest BCUT2D eigenvalue weighted by molar-refractivity contribution is 5.77. The van der Waals surface area contributed by atoms with Crippen LogP contribution in [0.4, 0.5) is 0 Å². The van der Waals surface area contributed by atoms with E-state index in [1.54, 1.807) is 0 Å². The van der Waals surface area contributed by atoms with E-state index in [0.717, 1.165) is 25.7 Å². The predicted molar refractivity (Wildman–Crippen MR) is 40.3 cm³/mol. The molecule has 62 valence electrons. The summed E-state index contributed by atoms with van der Waals surface area (Å²) in [5.74, 6) is -0.596. The first-order chi connectivity index (χ1) is 5.13. The van der Waals surface area contributed by atoms with Crippen molar-refractivity contribution in [3.8, 4) is 0 Å². The zero-order valence-electron chi connectivity index (χ0n) is 6.68. The fraction of sp³-hybridized carbons (Fsp3) is 0.875. The largest absolute Gasteiger partial charge is 0.481 e. The van der Waals surface area contributed by atoms with Crippen molar-refractivity contribution < 1.29 is 9.90 Å². The summed E-state index contributed by atoms with van der Waals surface area (Å²) >= 11 is 0. The third kappa shape index (κ3) is 0.692. The molecule has 3 saturated carbocycles. The van der Waals surface area contributed by atoms with Gasteiger partial charge < -0.3 is 10.4 Å². The monoisotopic (exact) mass is 155 g/mol. The number of carbonyl (C=O) groups is 1. The molecule has 0 aliphatic heterocycles. The van der Waals surface area contributed by atoms with Crippen LogP contribution in [0.15, 0.2) is 0 Å². The predicted octanol–water partition coefficient (Wildman–Crippen LogP) is 0.603. The van der Waals surface area contributed by atoms with E-state index in [1.807, 2.05) is 7.05 Å². The Hall–Kier alpha value is -0.570. The summed E-state index contributed by atoms with van der Waals surface area (Å²) in [5, 5.41) is 12.1. The smallest absolute Gasteiger partial charge is 0.309 e. The van der Waals surface area contributed by atoms with Crippen LogP contribution in [-0.2, 0) is 4.79 Å². The fourth-order valence-corrected chi connectivity index (χ4v) is 2.64. The number of hydrogen-bond donors (Lipinski definition) is 2. The minimum absolute atomic E-state index is 0.193. The summed E-state index contributed by atoms with van der Waals surface area (Å²) in [6.07, 6.45) is 3.58. The van der Waals surface area contributed by atoms with Crippen LogP contribution in [0.25, 0.3) is 0 Å². The van der Waals surface area contributed by atoms with Crippen LogP contribution in [0, 0.1) is 5.41 Å². The average Bonchev–Trinajstić information content (AvgIpc) is 2.39. The lowest BCUT2D eigenvalue weighted by Gasteiger charge is -2.44. The summed E-state index contributed by atoms with van der Waals surface area (Å²) in [4.78, 5) is 10.8. The quantitative estimate of drug-likeness (QED) is 0.614. The van der Waals surface area contributed by atoms with Crippen molar-refractivity contribution in [3.63, 3.8) is 0 Å². The molecule has 3 aliphatic carbocycles. The maximum atomic E-state index is 10.8. The van der Waals surface area contributed by atoms with Crippen molar-refractivity contribution in [3.05, 3.63) is 0 Å². The second kappa shape index (κ2) is 1.78. The van der Waals surface area contributed by atoms with Gasteiger partial charge >= 0.3 is 5.97 Å². The van der Waals surface area contributed by atoms with E-state index >= 15 is 0 Å². The zero-order chi connectivity index (χ0) is 8.11. The molecule has 3 rings (SSSR count). The van der Waals surface area contributed by atoms with Crippen molar-refractivity contribution in [1.29, 1.82) is 0 Å². The minimum atomic E-state index is -0.596. The molecule has 0 heterocycles. The lowest BCUT2D eigenvalue weighted by Crippen LogP contribution is -2.54. The molecule has 2 bridgehead atoms. The first kappa shape index (κ1) is 7.10. The van der Waals surface area contributed by atoms with Gasteiger partial charge in [-0.25, -0.2) is 0 Å². The van der Waals surface area contributed by atoms with Crippen LogP contribution >= 0.6 is 0 Å². The molecule has 0 aromatic rings. The van der Waals surface area contributed by atoms with Gasteiger partial charge in [-0.15, -0.1) is 0 Å². The van der Waals surface area contributed by atoms with Crippen LogP contribution < -0.4 is 5.32 Å². The molecule has 3 heteroatoms. The Morgan fingerprint density at radius 1 is 1.45 bits per heavy atom. The maximum Gasteiger partial charge on any atom is 0.309 e. The number of aliphatic carboxylic acids is 1. The number of nitrogens with one attached hydrogen (secondary N) is 1. The van der Waals surface area contributed by atoms with E-state index in [2.05, 4.69) is 5.32 Å². The Balaban J connectivity index is 2.14. The zero-order valence-corrected chi connectivity index (χ0v) is 6.68. The second-order valence-corrected chi connectivity index (χ2v) is 3.97. The summed E-state index contributed by atoms with van der Waals surface area (Å²) in [6, 6.07) is 0. The Kier molecular flexibility index (Phi) is 1.15. The molecule has 11 heavy (non-hydrogen) atoms. The summed E-state index contributed by atoms with van der Waals surface area (Å²) in [7, 11) is 1.93. The number of rotatable bonds is 2. The van der Waals surface area contributed by atoms with Gasteiger partial charge in [0, 0.05) is 5.54 Å². The summed E-state index contributed by atoms with van der Waals surface area (Å²) in [6.45, 7) is 0. The molecule has 0 atom stereocenters. The van der Waals surface area contributed by atoms with Gasteiger partial charge in [0.25, 0.3) is 0 Å². The van der Waals surface area contributed by atoms with Gasteiger partial charge in [-0.2, -0.15) is 0 Å². The molecule has 0 spiro atoms. The third-order valence-electron chi connectivity index (χ3n) is 3.42. The average molecular weight is 155 g/mol. The van der Waals surface area contributed by atoms with E-state index in [-0.39, 0.29) is 11.0 Å². The maximum absolute atomic E-state index is 10.8. The van der Waals surface area contributed by atoms with Crippen LogP contribution in [0.2, 0.25) is 0 Å². The van der Waals surface area contributed by atoms with Crippen molar-refractivity contribution in [2.45, 2.75) is 31.2 Å². The molecule has 3 nitrogen and oxygen atoms in total. The molecule has 0 aromatic heterocycles. The van der Waals surface area contributed by atoms with E-state index in [1.165, 1.54) is 0 Å². The van der Waals surface area contributed by atoms with Crippen molar-refractivity contribution in [1.82, 2.24) is 5.32 Å². The van der Waals surface area contributed by atoms with Crippen molar-refractivity contribution in [2.24, 2.45) is 5.41 Å². The molecule has 0 aromatic carbocycles. The lowest BCUT2D eigenvalue weighted by molar-refractivity contribution is -0.154. The molecule has 0 radical (unpaired) electrons. The SMILES string of the molecule is CNC12CCC(C(=O)O)(C1)C2. The topological polar surface area (TPSA) is 49.3 Å². The number of hydrogen-bond acceptors (Lipinski definition) is 2. The van der Waals surface area contributed by atoms with Crippen LogP contribution in [0.5, 0.6) is 0 Å². The first-order valence-electron chi connectivity index (χ1n) is 4.05. The highest BCUT2D eigenvalue weighted by Crippen LogP contribution is 2.61. The highest BCUT2D eigenvalue weighted by Gasteiger charge is 2.64. The van der Waals surface area contributed by atoms with E-state index < -0.39 is 5.97 Å². The Morgan fingerprint density at radius 2 is 2.09 bits per heavy atom. The molecule has 2 N–H and O–H groups in total. The van der Waals surface area contributed by atoms with Gasteiger partial charge in [0.2, 0.25) is 0 Å². The van der Waals surface area contributed by atoms with E-state index in [4.69, 9.17) is 5.11 Å². The molecular weight excluding hydrogens is 142 g/mol. The first-order valence-corrected chi connectivity index (χ1v) is 4.05. The summed E-state index contributed by atoms with van der Waals surface area (Å²) < 4.78 is 0. The molecule has 0 unspecified atom stereocenters. The lowest BCUT2D eigenvalue weighted by atomic mass is 9.65. The third-order valence-corrected chi connectivity index (χ3v) is 3.42. The highest BCUT2D eigenvalue weighted by atomic mass is 16.4. The van der Waals surface area contributed by atoms with E-state index in [9.17, 15) is 4.79 Å². The number of fused-ring (bicyclic) bond motifs is 1. The molecule has 0 amide bonds. The Bertz CT molecular complexity index is 206.